The number of amides is 2. The van der Waals surface area contributed by atoms with Gasteiger partial charge in [0.25, 0.3) is 0 Å². The van der Waals surface area contributed by atoms with Gasteiger partial charge in [-0.05, 0) is 19.8 Å². The van der Waals surface area contributed by atoms with E-state index >= 15 is 0 Å². The summed E-state index contributed by atoms with van der Waals surface area (Å²) >= 11 is 0. The molecule has 8 nitrogen and oxygen atoms in total. The predicted molar refractivity (Wildman–Crippen MR) is 73.8 cm³/mol. The van der Waals surface area contributed by atoms with Gasteiger partial charge in [-0.1, -0.05) is 0 Å². The summed E-state index contributed by atoms with van der Waals surface area (Å²) in [5.74, 6) is -1.09. The van der Waals surface area contributed by atoms with Crippen molar-refractivity contribution in [2.45, 2.75) is 37.8 Å². The summed E-state index contributed by atoms with van der Waals surface area (Å²) in [6.45, 7) is 2.98. The Kier molecular flexibility index (Phi) is 4.79. The van der Waals surface area contributed by atoms with Crippen LogP contribution in [0.1, 0.15) is 25.5 Å². The summed E-state index contributed by atoms with van der Waals surface area (Å²) in [4.78, 5) is 29.6. The molecule has 2 amide bonds. The molecule has 0 spiro atoms. The van der Waals surface area contributed by atoms with Gasteiger partial charge in [0.05, 0.1) is 11.9 Å². The molecule has 2 atom stereocenters. The Hall–Kier alpha value is -2.09. The summed E-state index contributed by atoms with van der Waals surface area (Å²) in [7, 11) is 0. The quantitative estimate of drug-likeness (QED) is 0.601. The highest BCUT2D eigenvalue weighted by Crippen LogP contribution is 2.23. The fourth-order valence-electron chi connectivity index (χ4n) is 2.27. The van der Waals surface area contributed by atoms with Crippen LogP contribution < -0.4 is 10.6 Å². The van der Waals surface area contributed by atoms with Crippen molar-refractivity contribution < 1.29 is 19.4 Å². The monoisotopic (exact) mass is 296 g/mol. The Balaban J connectivity index is 1.82. The molecule has 0 aliphatic carbocycles. The summed E-state index contributed by atoms with van der Waals surface area (Å²) < 4.78 is 5.56. The molecule has 1 saturated heterocycles. The molecular formula is C13H20N4O4. The second-order valence-corrected chi connectivity index (χ2v) is 5.40. The van der Waals surface area contributed by atoms with Crippen LogP contribution in [0.4, 0.5) is 4.79 Å². The second-order valence-electron chi connectivity index (χ2n) is 5.40. The number of rotatable bonds is 6. The number of hydrogen-bond donors (Lipinski definition) is 4. The fraction of sp³-hybridized carbons (Fsp3) is 0.615. The zero-order valence-electron chi connectivity index (χ0n) is 11.9. The van der Waals surface area contributed by atoms with Crippen LogP contribution in [-0.4, -0.2) is 51.9 Å². The van der Waals surface area contributed by atoms with Crippen molar-refractivity contribution in [2.75, 3.05) is 13.2 Å². The van der Waals surface area contributed by atoms with E-state index in [0.717, 1.165) is 12.8 Å². The van der Waals surface area contributed by atoms with Crippen molar-refractivity contribution in [1.82, 2.24) is 20.6 Å². The number of nitrogens with one attached hydrogen (secondary N) is 3. The summed E-state index contributed by atoms with van der Waals surface area (Å²) in [5, 5.41) is 14.3. The molecular weight excluding hydrogens is 276 g/mol. The number of ether oxygens (including phenoxy) is 1. The Morgan fingerprint density at radius 2 is 2.43 bits per heavy atom. The Labute approximate surface area is 122 Å². The molecule has 1 unspecified atom stereocenters. The molecule has 2 rings (SSSR count). The highest BCUT2D eigenvalue weighted by Gasteiger charge is 2.30. The highest BCUT2D eigenvalue weighted by molar-refractivity contribution is 5.82. The molecule has 1 aliphatic heterocycles. The number of aromatic nitrogens is 2. The van der Waals surface area contributed by atoms with E-state index in [0.29, 0.717) is 18.8 Å². The van der Waals surface area contributed by atoms with Gasteiger partial charge < -0.3 is 25.5 Å². The number of carbonyl (C=O) groups is 2. The molecule has 0 aromatic carbocycles. The van der Waals surface area contributed by atoms with E-state index in [1.165, 1.54) is 12.5 Å². The van der Waals surface area contributed by atoms with Crippen LogP contribution in [0.15, 0.2) is 12.5 Å². The maximum atomic E-state index is 11.8. The van der Waals surface area contributed by atoms with E-state index < -0.39 is 18.0 Å². The maximum Gasteiger partial charge on any atom is 0.326 e. The van der Waals surface area contributed by atoms with E-state index in [-0.39, 0.29) is 12.0 Å². The van der Waals surface area contributed by atoms with Crippen molar-refractivity contribution in [3.63, 3.8) is 0 Å². The summed E-state index contributed by atoms with van der Waals surface area (Å²) in [6.07, 6.45) is 4.99. The van der Waals surface area contributed by atoms with E-state index in [1.54, 1.807) is 0 Å². The van der Waals surface area contributed by atoms with Gasteiger partial charge in [0.15, 0.2) is 0 Å². The van der Waals surface area contributed by atoms with E-state index in [9.17, 15) is 9.59 Å². The molecule has 4 N–H and O–H groups in total. The first kappa shape index (κ1) is 15.3. The third-order valence-electron chi connectivity index (χ3n) is 3.51. The maximum absolute atomic E-state index is 11.8. The predicted octanol–water partition coefficient (Wildman–Crippen LogP) is 0.274. The average molecular weight is 296 g/mol. The third-order valence-corrected chi connectivity index (χ3v) is 3.51. The Morgan fingerprint density at radius 3 is 3.00 bits per heavy atom. The highest BCUT2D eigenvalue weighted by atomic mass is 16.5. The van der Waals surface area contributed by atoms with Gasteiger partial charge in [-0.2, -0.15) is 0 Å². The van der Waals surface area contributed by atoms with Gasteiger partial charge in [0, 0.05) is 31.5 Å². The van der Waals surface area contributed by atoms with Crippen molar-refractivity contribution in [1.29, 1.82) is 0 Å². The molecule has 116 valence electrons. The number of aliphatic carboxylic acids is 1. The first-order valence-electron chi connectivity index (χ1n) is 6.87. The van der Waals surface area contributed by atoms with Crippen molar-refractivity contribution >= 4 is 12.0 Å². The molecule has 2 heterocycles. The van der Waals surface area contributed by atoms with Crippen LogP contribution >= 0.6 is 0 Å². The van der Waals surface area contributed by atoms with Gasteiger partial charge in [-0.3, -0.25) is 0 Å². The van der Waals surface area contributed by atoms with Crippen LogP contribution in [0.25, 0.3) is 0 Å². The lowest BCUT2D eigenvalue weighted by Gasteiger charge is -2.24. The minimum Gasteiger partial charge on any atom is -0.480 e. The lowest BCUT2D eigenvalue weighted by molar-refractivity contribution is -0.139. The standard InChI is InChI=1S/C13H20N4O4/c1-13(3-2-4-21-13)7-15-12(20)17-10(11(18)19)5-9-6-14-8-16-9/h6,8,10H,2-5,7H2,1H3,(H,14,16)(H,18,19)(H2,15,17,20)/t10-,13?/m0/s1. The smallest absolute Gasteiger partial charge is 0.326 e. The topological polar surface area (TPSA) is 116 Å². The average Bonchev–Trinajstić information content (AvgIpc) is 3.08. The van der Waals surface area contributed by atoms with Gasteiger partial charge in [-0.15, -0.1) is 0 Å². The van der Waals surface area contributed by atoms with Crippen LogP contribution in [-0.2, 0) is 16.0 Å². The number of aromatic amines is 1. The normalized spacial score (nSPS) is 22.7. The largest absolute Gasteiger partial charge is 0.480 e. The Morgan fingerprint density at radius 1 is 1.62 bits per heavy atom. The van der Waals surface area contributed by atoms with Crippen LogP contribution in [0.2, 0.25) is 0 Å². The molecule has 1 aromatic rings. The zero-order chi connectivity index (χ0) is 15.3. The van der Waals surface area contributed by atoms with Crippen LogP contribution in [0, 0.1) is 0 Å². The summed E-state index contributed by atoms with van der Waals surface area (Å²) in [5.41, 5.74) is 0.285. The van der Waals surface area contributed by atoms with Gasteiger partial charge in [-0.25, -0.2) is 14.6 Å². The van der Waals surface area contributed by atoms with Crippen molar-refractivity contribution in [2.24, 2.45) is 0 Å². The van der Waals surface area contributed by atoms with E-state index in [4.69, 9.17) is 9.84 Å². The second kappa shape index (κ2) is 6.57. The third kappa shape index (κ3) is 4.45. The molecule has 0 radical (unpaired) electrons. The van der Waals surface area contributed by atoms with Crippen LogP contribution in [0.5, 0.6) is 0 Å². The fourth-order valence-corrected chi connectivity index (χ4v) is 2.27. The number of hydrogen-bond acceptors (Lipinski definition) is 4. The number of H-pyrrole nitrogens is 1. The lowest BCUT2D eigenvalue weighted by Crippen LogP contribution is -2.50. The van der Waals surface area contributed by atoms with Crippen molar-refractivity contribution in [3.8, 4) is 0 Å². The van der Waals surface area contributed by atoms with Gasteiger partial charge in [0.1, 0.15) is 6.04 Å². The van der Waals surface area contributed by atoms with Gasteiger partial charge >= 0.3 is 12.0 Å². The number of carboxylic acids is 1. The number of carbonyl (C=O) groups excluding carboxylic acids is 1. The first-order valence-corrected chi connectivity index (χ1v) is 6.87. The van der Waals surface area contributed by atoms with Crippen LogP contribution in [0.3, 0.4) is 0 Å². The SMILES string of the molecule is CC1(CNC(=O)N[C@@H](Cc2cnc[nH]2)C(=O)O)CCCO1. The molecule has 0 bridgehead atoms. The molecule has 1 aliphatic rings. The number of imidazole rings is 1. The first-order chi connectivity index (χ1) is 9.98. The summed E-state index contributed by atoms with van der Waals surface area (Å²) in [6, 6.07) is -1.53. The molecule has 1 aromatic heterocycles. The minimum atomic E-state index is -1.09. The van der Waals surface area contributed by atoms with Crippen molar-refractivity contribution in [3.05, 3.63) is 18.2 Å². The lowest BCUT2D eigenvalue weighted by atomic mass is 10.0. The Bertz CT molecular complexity index is 482. The molecule has 21 heavy (non-hydrogen) atoms. The van der Waals surface area contributed by atoms with Gasteiger partial charge in [0.2, 0.25) is 0 Å². The molecule has 8 heteroatoms. The molecule has 0 saturated carbocycles. The number of nitrogens with zero attached hydrogens (tertiary/aromatic N) is 1. The molecule has 1 fully saturated rings. The number of urea groups is 1. The minimum absolute atomic E-state index is 0.149. The zero-order valence-corrected chi connectivity index (χ0v) is 11.9. The van der Waals surface area contributed by atoms with E-state index in [2.05, 4.69) is 20.6 Å². The number of carboxylic acid groups (broad SMARTS) is 1. The van der Waals surface area contributed by atoms with E-state index in [1.807, 2.05) is 6.92 Å².